The zero-order valence-electron chi connectivity index (χ0n) is 17.1. The molecule has 2 heterocycles. The van der Waals surface area contributed by atoms with E-state index in [1.165, 1.54) is 23.0 Å². The summed E-state index contributed by atoms with van der Waals surface area (Å²) in [5.74, 6) is 0.549. The summed E-state index contributed by atoms with van der Waals surface area (Å²) in [5.41, 5.74) is 3.38. The van der Waals surface area contributed by atoms with Crippen LogP contribution in [-0.4, -0.2) is 48.8 Å². The van der Waals surface area contributed by atoms with Crippen molar-refractivity contribution in [2.75, 3.05) is 37.7 Å². The van der Waals surface area contributed by atoms with Gasteiger partial charge in [-0.2, -0.15) is 4.99 Å². The number of anilines is 1. The Morgan fingerprint density at radius 2 is 1.77 bits per heavy atom. The van der Waals surface area contributed by atoms with Crippen LogP contribution in [0.3, 0.4) is 0 Å². The first-order chi connectivity index (χ1) is 14.6. The quantitative estimate of drug-likeness (QED) is 0.533. The van der Waals surface area contributed by atoms with Crippen molar-refractivity contribution in [1.82, 2.24) is 4.90 Å². The maximum absolute atomic E-state index is 12.5. The molecule has 30 heavy (non-hydrogen) atoms. The highest BCUT2D eigenvalue weighted by molar-refractivity contribution is 8.18. The normalized spacial score (nSPS) is 18.0. The van der Waals surface area contributed by atoms with E-state index in [2.05, 4.69) is 52.6 Å². The van der Waals surface area contributed by atoms with E-state index in [9.17, 15) is 4.79 Å². The van der Waals surface area contributed by atoms with Crippen LogP contribution in [-0.2, 0) is 4.79 Å². The summed E-state index contributed by atoms with van der Waals surface area (Å²) in [7, 11) is 0. The lowest BCUT2D eigenvalue weighted by Gasteiger charge is -2.36. The van der Waals surface area contributed by atoms with Crippen molar-refractivity contribution in [2.45, 2.75) is 6.92 Å². The third-order valence-electron chi connectivity index (χ3n) is 5.12. The third-order valence-corrected chi connectivity index (χ3v) is 6.17. The number of aryl methyl sites for hydroxylation is 1. The van der Waals surface area contributed by atoms with Crippen LogP contribution in [0.2, 0.25) is 0 Å². The Labute approximate surface area is 181 Å². The van der Waals surface area contributed by atoms with Gasteiger partial charge in [0.05, 0.1) is 4.91 Å². The lowest BCUT2D eigenvalue weighted by atomic mass is 10.2. The van der Waals surface area contributed by atoms with Crippen LogP contribution >= 0.6 is 11.8 Å². The van der Waals surface area contributed by atoms with Crippen molar-refractivity contribution in [3.8, 4) is 5.75 Å². The number of rotatable bonds is 5. The van der Waals surface area contributed by atoms with Crippen LogP contribution in [0, 0.1) is 6.92 Å². The molecule has 2 aliphatic heterocycles. The topological polar surface area (TPSA) is 45.1 Å². The number of amides is 1. The molecule has 1 fully saturated rings. The predicted molar refractivity (Wildman–Crippen MR) is 125 cm³/mol. The van der Waals surface area contributed by atoms with Crippen molar-refractivity contribution in [3.05, 3.63) is 77.2 Å². The molecule has 154 valence electrons. The first-order valence-corrected chi connectivity index (χ1v) is 10.9. The van der Waals surface area contributed by atoms with Gasteiger partial charge in [-0.1, -0.05) is 48.6 Å². The second-order valence-corrected chi connectivity index (χ2v) is 8.27. The Bertz CT molecular complexity index is 990. The molecule has 2 aromatic carbocycles. The van der Waals surface area contributed by atoms with Crippen molar-refractivity contribution in [3.63, 3.8) is 0 Å². The summed E-state index contributed by atoms with van der Waals surface area (Å²) >= 11 is 1.44. The van der Waals surface area contributed by atoms with Crippen LogP contribution in [0.25, 0.3) is 6.08 Å². The molecule has 6 heteroatoms. The molecule has 0 unspecified atom stereocenters. The smallest absolute Gasteiger partial charge is 0.286 e. The van der Waals surface area contributed by atoms with E-state index < -0.39 is 0 Å². The molecule has 0 aliphatic carbocycles. The number of hydrogen-bond acceptors (Lipinski definition) is 5. The highest BCUT2D eigenvalue weighted by Gasteiger charge is 2.28. The van der Waals surface area contributed by atoms with Crippen LogP contribution in [0.1, 0.15) is 11.1 Å². The van der Waals surface area contributed by atoms with E-state index in [-0.39, 0.29) is 5.91 Å². The largest absolute Gasteiger partial charge is 0.489 e. The van der Waals surface area contributed by atoms with Crippen molar-refractivity contribution in [2.24, 2.45) is 4.99 Å². The highest BCUT2D eigenvalue weighted by atomic mass is 32.2. The second kappa shape index (κ2) is 9.22. The second-order valence-electron chi connectivity index (χ2n) is 7.26. The molecule has 2 aliphatic rings. The van der Waals surface area contributed by atoms with Gasteiger partial charge in [-0.25, -0.2) is 0 Å². The van der Waals surface area contributed by atoms with Gasteiger partial charge < -0.3 is 14.5 Å². The summed E-state index contributed by atoms with van der Waals surface area (Å²) in [6.45, 7) is 9.72. The summed E-state index contributed by atoms with van der Waals surface area (Å²) in [4.78, 5) is 22.0. The number of hydrogen-bond donors (Lipinski definition) is 0. The van der Waals surface area contributed by atoms with Gasteiger partial charge in [0.25, 0.3) is 5.91 Å². The molecule has 0 N–H and O–H groups in total. The number of amidine groups is 1. The molecule has 5 nitrogen and oxygen atoms in total. The monoisotopic (exact) mass is 419 g/mol. The fourth-order valence-corrected chi connectivity index (χ4v) is 4.42. The fraction of sp³-hybridized carbons (Fsp3) is 0.250. The lowest BCUT2D eigenvalue weighted by molar-refractivity contribution is -0.113. The fourth-order valence-electron chi connectivity index (χ4n) is 3.47. The Kier molecular flexibility index (Phi) is 6.23. The van der Waals surface area contributed by atoms with Gasteiger partial charge in [0, 0.05) is 37.4 Å². The lowest BCUT2D eigenvalue weighted by Crippen LogP contribution is -2.47. The van der Waals surface area contributed by atoms with E-state index in [1.807, 2.05) is 30.3 Å². The van der Waals surface area contributed by atoms with E-state index in [1.54, 1.807) is 6.08 Å². The molecule has 0 spiro atoms. The van der Waals surface area contributed by atoms with Crippen LogP contribution in [0.5, 0.6) is 5.75 Å². The van der Waals surface area contributed by atoms with E-state index in [4.69, 9.17) is 4.74 Å². The number of benzene rings is 2. The summed E-state index contributed by atoms with van der Waals surface area (Å²) in [5, 5.41) is 0.791. The van der Waals surface area contributed by atoms with Gasteiger partial charge in [0.1, 0.15) is 12.4 Å². The van der Waals surface area contributed by atoms with Crippen LogP contribution in [0.4, 0.5) is 5.69 Å². The molecular formula is C24H25N3O2S. The summed E-state index contributed by atoms with van der Waals surface area (Å²) in [6, 6.07) is 16.3. The standard InChI is InChI=1S/C24H25N3O2S/c1-3-16-29-21-7-5-4-6-19(21)17-22-23(28)25-24(30-22)27-14-12-26(13-15-27)20-10-8-18(2)9-11-20/h3-11,17H,1,12-16H2,2H3/b22-17-. The number of carbonyl (C=O) groups is 1. The van der Waals surface area contributed by atoms with Crippen molar-refractivity contribution < 1.29 is 9.53 Å². The van der Waals surface area contributed by atoms with Gasteiger partial charge >= 0.3 is 0 Å². The van der Waals surface area contributed by atoms with Gasteiger partial charge in [0.2, 0.25) is 0 Å². The molecule has 2 aromatic rings. The van der Waals surface area contributed by atoms with Gasteiger partial charge in [0.15, 0.2) is 5.17 Å². The van der Waals surface area contributed by atoms with E-state index in [0.29, 0.717) is 11.5 Å². The molecule has 0 saturated carbocycles. The minimum atomic E-state index is -0.186. The number of ether oxygens (including phenoxy) is 1. The summed E-state index contributed by atoms with van der Waals surface area (Å²) < 4.78 is 5.70. The van der Waals surface area contributed by atoms with Gasteiger partial charge in [-0.3, -0.25) is 4.79 Å². The molecule has 1 amide bonds. The number of nitrogens with zero attached hydrogens (tertiary/aromatic N) is 3. The number of thioether (sulfide) groups is 1. The predicted octanol–water partition coefficient (Wildman–Crippen LogP) is 4.35. The Hall–Kier alpha value is -2.99. The molecule has 0 aromatic heterocycles. The maximum Gasteiger partial charge on any atom is 0.286 e. The molecule has 0 bridgehead atoms. The van der Waals surface area contributed by atoms with Crippen LogP contribution in [0.15, 0.2) is 71.1 Å². The SMILES string of the molecule is C=CCOc1ccccc1/C=C1\SC(N2CCN(c3ccc(C)cc3)CC2)=NC1=O. The summed E-state index contributed by atoms with van der Waals surface area (Å²) in [6.07, 6.45) is 3.57. The maximum atomic E-state index is 12.5. The highest BCUT2D eigenvalue weighted by Crippen LogP contribution is 2.33. The Morgan fingerprint density at radius 3 is 2.50 bits per heavy atom. The van der Waals surface area contributed by atoms with Gasteiger partial charge in [-0.05, 0) is 43.0 Å². The van der Waals surface area contributed by atoms with E-state index in [0.717, 1.165) is 42.7 Å². The number of aliphatic imine (C=N–C) groups is 1. The van der Waals surface area contributed by atoms with E-state index >= 15 is 0 Å². The first-order valence-electron chi connectivity index (χ1n) is 10.1. The number of para-hydroxylation sites is 1. The number of carbonyl (C=O) groups excluding carboxylic acids is 1. The molecule has 1 saturated heterocycles. The zero-order valence-corrected chi connectivity index (χ0v) is 17.9. The molecule has 0 atom stereocenters. The van der Waals surface area contributed by atoms with Gasteiger partial charge in [-0.15, -0.1) is 0 Å². The number of piperazine rings is 1. The average Bonchev–Trinajstić information content (AvgIpc) is 3.14. The zero-order chi connectivity index (χ0) is 20.9. The minimum absolute atomic E-state index is 0.186. The Morgan fingerprint density at radius 1 is 1.07 bits per heavy atom. The average molecular weight is 420 g/mol. The van der Waals surface area contributed by atoms with Crippen molar-refractivity contribution >= 4 is 34.6 Å². The Balaban J connectivity index is 1.41. The minimum Gasteiger partial charge on any atom is -0.489 e. The first kappa shape index (κ1) is 20.3. The molecule has 0 radical (unpaired) electrons. The van der Waals surface area contributed by atoms with Crippen LogP contribution < -0.4 is 9.64 Å². The third kappa shape index (κ3) is 4.60. The molecular weight excluding hydrogens is 394 g/mol. The molecule has 4 rings (SSSR count). The van der Waals surface area contributed by atoms with Crippen molar-refractivity contribution in [1.29, 1.82) is 0 Å².